The van der Waals surface area contributed by atoms with Crippen LogP contribution in [0, 0.1) is 19.8 Å². The SMILES string of the molecule is CCc1cc(/C(C)=N/NC(=S)C(C)C)c(O)cc1O.Cc1ccc2c(c1)c(C)cn2C. The number of rotatable bonds is 4. The molecule has 0 bridgehead atoms. The number of benzene rings is 2. The number of aryl methyl sites for hydroxylation is 4. The van der Waals surface area contributed by atoms with Gasteiger partial charge >= 0.3 is 0 Å². The maximum atomic E-state index is 9.85. The highest BCUT2D eigenvalue weighted by molar-refractivity contribution is 7.80. The highest BCUT2D eigenvalue weighted by Gasteiger charge is 2.10. The number of hydrazone groups is 1. The number of thiocarbonyl (C=S) groups is 1. The van der Waals surface area contributed by atoms with Crippen LogP contribution < -0.4 is 5.43 Å². The van der Waals surface area contributed by atoms with Crippen molar-refractivity contribution >= 4 is 33.8 Å². The van der Waals surface area contributed by atoms with Crippen LogP contribution in [-0.4, -0.2) is 25.5 Å². The second-order valence-corrected chi connectivity index (χ2v) is 8.56. The number of hydrogen-bond donors (Lipinski definition) is 3. The monoisotopic (exact) mass is 439 g/mol. The zero-order valence-electron chi connectivity index (χ0n) is 19.4. The minimum absolute atomic E-state index is 0.00761. The number of nitrogens with one attached hydrogen (secondary N) is 1. The summed E-state index contributed by atoms with van der Waals surface area (Å²) in [6, 6.07) is 9.65. The number of hydrogen-bond acceptors (Lipinski definition) is 4. The maximum absolute atomic E-state index is 9.85. The van der Waals surface area contributed by atoms with Gasteiger partial charge in [0.1, 0.15) is 11.5 Å². The van der Waals surface area contributed by atoms with Crippen molar-refractivity contribution in [1.82, 2.24) is 9.99 Å². The van der Waals surface area contributed by atoms with Crippen molar-refractivity contribution in [3.8, 4) is 11.5 Å². The van der Waals surface area contributed by atoms with E-state index in [1.54, 1.807) is 13.0 Å². The van der Waals surface area contributed by atoms with Gasteiger partial charge in [-0.3, -0.25) is 5.43 Å². The molecule has 0 amide bonds. The van der Waals surface area contributed by atoms with E-state index in [9.17, 15) is 10.2 Å². The van der Waals surface area contributed by atoms with E-state index in [1.165, 1.54) is 28.1 Å². The first-order valence-electron chi connectivity index (χ1n) is 10.5. The largest absolute Gasteiger partial charge is 0.508 e. The Balaban J connectivity index is 0.000000242. The van der Waals surface area contributed by atoms with Gasteiger partial charge in [-0.15, -0.1) is 0 Å². The molecule has 1 heterocycles. The number of aromatic nitrogens is 1. The number of phenolic OH excluding ortho intramolecular Hbond substituents is 2. The van der Waals surface area contributed by atoms with E-state index in [0.29, 0.717) is 22.7 Å². The van der Waals surface area contributed by atoms with Gasteiger partial charge < -0.3 is 14.8 Å². The third kappa shape index (κ3) is 6.07. The molecule has 0 aliphatic carbocycles. The van der Waals surface area contributed by atoms with Crippen molar-refractivity contribution < 1.29 is 10.2 Å². The minimum Gasteiger partial charge on any atom is -0.508 e. The van der Waals surface area contributed by atoms with Crippen LogP contribution in [-0.2, 0) is 13.5 Å². The summed E-state index contributed by atoms with van der Waals surface area (Å²) in [5.41, 5.74) is 8.80. The predicted octanol–water partition coefficient (Wildman–Crippen LogP) is 5.75. The Kier molecular flexibility index (Phi) is 8.22. The lowest BCUT2D eigenvalue weighted by Gasteiger charge is -2.10. The number of phenols is 2. The number of fused-ring (bicyclic) bond motifs is 1. The quantitative estimate of drug-likeness (QED) is 0.275. The third-order valence-corrected chi connectivity index (χ3v) is 5.73. The first-order valence-corrected chi connectivity index (χ1v) is 10.9. The Hall–Kier alpha value is -2.86. The second-order valence-electron chi connectivity index (χ2n) is 8.12. The van der Waals surface area contributed by atoms with Gasteiger partial charge in [0, 0.05) is 41.7 Å². The Morgan fingerprint density at radius 1 is 1.13 bits per heavy atom. The molecule has 5 nitrogen and oxygen atoms in total. The average molecular weight is 440 g/mol. The molecular weight excluding hydrogens is 406 g/mol. The van der Waals surface area contributed by atoms with Crippen LogP contribution in [0.3, 0.4) is 0 Å². The molecule has 0 atom stereocenters. The van der Waals surface area contributed by atoms with Crippen LogP contribution in [0.5, 0.6) is 11.5 Å². The molecule has 0 aliphatic heterocycles. The Labute approximate surface area is 190 Å². The smallest absolute Gasteiger partial charge is 0.128 e. The fourth-order valence-electron chi connectivity index (χ4n) is 3.23. The molecule has 0 radical (unpaired) electrons. The first-order chi connectivity index (χ1) is 14.5. The normalized spacial score (nSPS) is 11.4. The summed E-state index contributed by atoms with van der Waals surface area (Å²) in [6.45, 7) is 12.0. The van der Waals surface area contributed by atoms with Gasteiger partial charge in [-0.1, -0.05) is 44.6 Å². The molecular formula is C25H33N3O2S. The summed E-state index contributed by atoms with van der Waals surface area (Å²) in [6.07, 6.45) is 2.86. The van der Waals surface area contributed by atoms with E-state index in [-0.39, 0.29) is 17.4 Å². The zero-order chi connectivity index (χ0) is 23.3. The van der Waals surface area contributed by atoms with Crippen molar-refractivity contribution in [2.45, 2.75) is 48.0 Å². The molecule has 2 aromatic carbocycles. The van der Waals surface area contributed by atoms with Gasteiger partial charge in [0.2, 0.25) is 0 Å². The third-order valence-electron chi connectivity index (χ3n) is 5.17. The fourth-order valence-corrected chi connectivity index (χ4v) is 3.27. The number of aromatic hydroxyl groups is 2. The summed E-state index contributed by atoms with van der Waals surface area (Å²) in [5.74, 6) is 0.321. The van der Waals surface area contributed by atoms with Crippen molar-refractivity contribution in [2.24, 2.45) is 18.1 Å². The fraction of sp³-hybridized carbons (Fsp3) is 0.360. The lowest BCUT2D eigenvalue weighted by Crippen LogP contribution is -2.22. The number of nitrogens with zero attached hydrogens (tertiary/aromatic N) is 2. The summed E-state index contributed by atoms with van der Waals surface area (Å²) in [5, 5.41) is 25.0. The molecule has 0 unspecified atom stereocenters. The van der Waals surface area contributed by atoms with E-state index in [4.69, 9.17) is 12.2 Å². The molecule has 0 saturated carbocycles. The van der Waals surface area contributed by atoms with Crippen LogP contribution in [0.15, 0.2) is 41.6 Å². The average Bonchev–Trinajstić information content (AvgIpc) is 2.99. The molecule has 3 aromatic rings. The zero-order valence-corrected chi connectivity index (χ0v) is 20.3. The van der Waals surface area contributed by atoms with E-state index >= 15 is 0 Å². The molecule has 0 spiro atoms. The van der Waals surface area contributed by atoms with Crippen LogP contribution >= 0.6 is 12.2 Å². The van der Waals surface area contributed by atoms with Crippen LogP contribution in [0.4, 0.5) is 0 Å². The molecule has 31 heavy (non-hydrogen) atoms. The topological polar surface area (TPSA) is 69.8 Å². The van der Waals surface area contributed by atoms with E-state index in [0.717, 1.165) is 5.56 Å². The minimum atomic E-state index is 0.00761. The van der Waals surface area contributed by atoms with E-state index < -0.39 is 0 Å². The van der Waals surface area contributed by atoms with Gasteiger partial charge in [-0.25, -0.2) is 0 Å². The molecule has 3 N–H and O–H groups in total. The molecule has 0 saturated heterocycles. The van der Waals surface area contributed by atoms with Crippen molar-refractivity contribution in [1.29, 1.82) is 0 Å². The Morgan fingerprint density at radius 2 is 1.81 bits per heavy atom. The van der Waals surface area contributed by atoms with Crippen molar-refractivity contribution in [3.63, 3.8) is 0 Å². The highest BCUT2D eigenvalue weighted by Crippen LogP contribution is 2.28. The molecule has 0 aliphatic rings. The van der Waals surface area contributed by atoms with Crippen molar-refractivity contribution in [2.75, 3.05) is 0 Å². The van der Waals surface area contributed by atoms with E-state index in [2.05, 4.69) is 60.4 Å². The highest BCUT2D eigenvalue weighted by atomic mass is 32.1. The van der Waals surface area contributed by atoms with Gasteiger partial charge in [0.15, 0.2) is 0 Å². The van der Waals surface area contributed by atoms with Crippen LogP contribution in [0.2, 0.25) is 0 Å². The van der Waals surface area contributed by atoms with E-state index in [1.807, 2.05) is 20.8 Å². The van der Waals surface area contributed by atoms with Crippen LogP contribution in [0.25, 0.3) is 10.9 Å². The molecule has 166 valence electrons. The lowest BCUT2D eigenvalue weighted by molar-refractivity contribution is 0.445. The summed E-state index contributed by atoms with van der Waals surface area (Å²) in [7, 11) is 2.09. The van der Waals surface area contributed by atoms with Gasteiger partial charge in [-0.2, -0.15) is 5.10 Å². The molecule has 6 heteroatoms. The second kappa shape index (κ2) is 10.4. The Bertz CT molecular complexity index is 1110. The first kappa shape index (κ1) is 24.4. The van der Waals surface area contributed by atoms with Gasteiger partial charge in [0.05, 0.1) is 10.7 Å². The lowest BCUT2D eigenvalue weighted by atomic mass is 10.0. The molecule has 1 aromatic heterocycles. The standard InChI is InChI=1S/C14H20N2O2S.C11H13N/c1-5-10-6-11(13(18)7-12(10)17)9(4)15-16-14(19)8(2)3;1-8-4-5-11-10(6-8)9(2)7-12(11)3/h6-8,17-18H,5H2,1-4H3,(H,16,19);4-7H,1-3H3/b15-9+;. The maximum Gasteiger partial charge on any atom is 0.128 e. The molecule has 0 fully saturated rings. The summed E-state index contributed by atoms with van der Waals surface area (Å²) >= 11 is 5.13. The summed E-state index contributed by atoms with van der Waals surface area (Å²) in [4.78, 5) is 0.647. The van der Waals surface area contributed by atoms with Crippen LogP contribution in [0.1, 0.15) is 49.9 Å². The van der Waals surface area contributed by atoms with Gasteiger partial charge in [0.25, 0.3) is 0 Å². The molecule has 3 rings (SSSR count). The van der Waals surface area contributed by atoms with Gasteiger partial charge in [-0.05, 0) is 56.5 Å². The Morgan fingerprint density at radius 3 is 2.42 bits per heavy atom. The van der Waals surface area contributed by atoms with Crippen molar-refractivity contribution in [3.05, 3.63) is 58.8 Å². The summed E-state index contributed by atoms with van der Waals surface area (Å²) < 4.78 is 2.17. The predicted molar refractivity (Wildman–Crippen MR) is 134 cm³/mol.